The third kappa shape index (κ3) is 3.52. The summed E-state index contributed by atoms with van der Waals surface area (Å²) in [7, 11) is 1.54. The van der Waals surface area contributed by atoms with Crippen LogP contribution in [0.4, 0.5) is 23.3 Å². The van der Waals surface area contributed by atoms with Crippen molar-refractivity contribution in [2.24, 2.45) is 0 Å². The van der Waals surface area contributed by atoms with Crippen LogP contribution in [-0.2, 0) is 4.79 Å². The maximum absolute atomic E-state index is 13.3. The van der Waals surface area contributed by atoms with Crippen LogP contribution >= 0.6 is 11.8 Å². The van der Waals surface area contributed by atoms with E-state index in [4.69, 9.17) is 0 Å². The van der Waals surface area contributed by atoms with E-state index in [2.05, 4.69) is 15.3 Å². The first-order valence-electron chi connectivity index (χ1n) is 8.33. The molecule has 0 spiro atoms. The van der Waals surface area contributed by atoms with Crippen molar-refractivity contribution in [1.82, 2.24) is 19.5 Å². The average molecular weight is 383 g/mol. The van der Waals surface area contributed by atoms with Crippen LogP contribution in [0.25, 0.3) is 0 Å². The largest absolute Gasteiger partial charge is 0.626 e. The highest BCUT2D eigenvalue weighted by Crippen LogP contribution is 2.39. The molecule has 12 heteroatoms. The number of thioether (sulfide) groups is 1. The summed E-state index contributed by atoms with van der Waals surface area (Å²) in [5, 5.41) is 27.6. The predicted octanol–water partition coefficient (Wildman–Crippen LogP) is 0.257. The lowest BCUT2D eigenvalue weighted by Crippen LogP contribution is -2.51. The Bertz CT molecular complexity index is 690. The van der Waals surface area contributed by atoms with Gasteiger partial charge in [-0.25, -0.2) is 0 Å². The van der Waals surface area contributed by atoms with Crippen molar-refractivity contribution < 1.29 is 9.72 Å². The van der Waals surface area contributed by atoms with Crippen LogP contribution in [0.3, 0.4) is 0 Å². The summed E-state index contributed by atoms with van der Waals surface area (Å²) >= 11 is 1.66. The number of carbonyl (C=O) groups excluding carboxylic acids is 1. The van der Waals surface area contributed by atoms with Crippen LogP contribution in [0.2, 0.25) is 0 Å². The van der Waals surface area contributed by atoms with Crippen molar-refractivity contribution in [3.8, 4) is 0 Å². The Hall–Kier alpha value is -2.18. The van der Waals surface area contributed by atoms with E-state index in [0.29, 0.717) is 37.7 Å². The van der Waals surface area contributed by atoms with Crippen molar-refractivity contribution >= 4 is 41.4 Å². The number of nitro groups is 1. The fourth-order valence-electron chi connectivity index (χ4n) is 3.08. The number of rotatable bonds is 5. The van der Waals surface area contributed by atoms with E-state index in [0.717, 1.165) is 6.41 Å². The van der Waals surface area contributed by atoms with Crippen molar-refractivity contribution in [2.45, 2.75) is 0 Å². The van der Waals surface area contributed by atoms with E-state index in [1.54, 1.807) is 16.7 Å². The molecule has 1 aromatic heterocycles. The molecule has 2 aliphatic rings. The molecule has 0 unspecified atom stereocenters. The second-order valence-corrected chi connectivity index (χ2v) is 7.35. The van der Waals surface area contributed by atoms with Gasteiger partial charge in [0.1, 0.15) is 0 Å². The zero-order valence-corrected chi connectivity index (χ0v) is 15.3. The molecule has 0 radical (unpaired) electrons. The maximum atomic E-state index is 13.3. The minimum Gasteiger partial charge on any atom is -0.626 e. The van der Waals surface area contributed by atoms with Gasteiger partial charge in [-0.2, -0.15) is 21.7 Å². The number of hydrogen-bond donors (Lipinski definition) is 1. The number of nitrogens with one attached hydrogen (secondary N) is 1. The number of carbonyl (C=O) groups is 1. The molecule has 2 fully saturated rings. The molecule has 0 aromatic carbocycles. The van der Waals surface area contributed by atoms with Gasteiger partial charge in [0.15, 0.2) is 0 Å². The van der Waals surface area contributed by atoms with Crippen molar-refractivity contribution in [3.05, 3.63) is 15.3 Å². The highest BCUT2D eigenvalue weighted by atomic mass is 32.2. The summed E-state index contributed by atoms with van der Waals surface area (Å²) in [5.41, 5.74) is -0.357. The Morgan fingerprint density at radius 1 is 1.23 bits per heavy atom. The molecule has 0 atom stereocenters. The summed E-state index contributed by atoms with van der Waals surface area (Å²) in [6, 6.07) is 0. The molecule has 26 heavy (non-hydrogen) atoms. The molecule has 0 aliphatic carbocycles. The van der Waals surface area contributed by atoms with Crippen LogP contribution < -0.4 is 14.9 Å². The van der Waals surface area contributed by atoms with Crippen LogP contribution in [0.15, 0.2) is 0 Å². The summed E-state index contributed by atoms with van der Waals surface area (Å²) in [6.45, 7) is 2.53. The standard InChI is InChI=1S/C14H21N7O4S/c1-15-12-11(20(23)24)13(21(25)6-8-26-9-7-21)17-14(16-12)19-4-2-18(10-22)3-5-19/h10H,2-9H2,1H3,(H,15,16,17). The third-order valence-corrected chi connectivity index (χ3v) is 5.54. The zero-order valence-electron chi connectivity index (χ0n) is 14.5. The van der Waals surface area contributed by atoms with Gasteiger partial charge in [0, 0.05) is 44.7 Å². The molecule has 2 saturated heterocycles. The van der Waals surface area contributed by atoms with Gasteiger partial charge in [0.05, 0.1) is 18.0 Å². The summed E-state index contributed by atoms with van der Waals surface area (Å²) in [6.07, 6.45) is 0.793. The molecular weight excluding hydrogens is 362 g/mol. The quantitative estimate of drug-likeness (QED) is 0.250. The summed E-state index contributed by atoms with van der Waals surface area (Å²) in [4.78, 5) is 34.0. The van der Waals surface area contributed by atoms with E-state index in [1.807, 2.05) is 4.90 Å². The fourth-order valence-corrected chi connectivity index (χ4v) is 4.13. The number of hydroxylamine groups is 2. The van der Waals surface area contributed by atoms with Gasteiger partial charge in [-0.1, -0.05) is 0 Å². The van der Waals surface area contributed by atoms with Gasteiger partial charge in [0.2, 0.25) is 18.2 Å². The Morgan fingerprint density at radius 3 is 2.42 bits per heavy atom. The molecule has 1 N–H and O–H groups in total. The number of hydrogen-bond acceptors (Lipinski definition) is 9. The normalized spacial score (nSPS) is 19.9. The Morgan fingerprint density at radius 2 is 1.88 bits per heavy atom. The van der Waals surface area contributed by atoms with E-state index in [1.165, 1.54) is 7.05 Å². The van der Waals surface area contributed by atoms with Crippen LogP contribution in [0.1, 0.15) is 0 Å². The first-order chi connectivity index (χ1) is 12.5. The molecule has 0 bridgehead atoms. The molecular formula is C14H21N7O4S. The van der Waals surface area contributed by atoms with Crippen molar-refractivity contribution in [1.29, 1.82) is 0 Å². The van der Waals surface area contributed by atoms with E-state index >= 15 is 0 Å². The first kappa shape index (κ1) is 18.6. The van der Waals surface area contributed by atoms with Gasteiger partial charge in [-0.15, -0.1) is 0 Å². The van der Waals surface area contributed by atoms with Gasteiger partial charge < -0.3 is 25.0 Å². The molecule has 1 aromatic rings. The smallest absolute Gasteiger partial charge is 0.392 e. The lowest BCUT2D eigenvalue weighted by molar-refractivity contribution is -0.384. The Labute approximate surface area is 154 Å². The second-order valence-electron chi connectivity index (χ2n) is 6.13. The monoisotopic (exact) mass is 383 g/mol. The highest BCUT2D eigenvalue weighted by molar-refractivity contribution is 7.99. The lowest BCUT2D eigenvalue weighted by atomic mass is 10.3. The van der Waals surface area contributed by atoms with Crippen molar-refractivity contribution in [2.75, 3.05) is 68.0 Å². The topological polar surface area (TPSA) is 128 Å². The number of piperazine rings is 1. The first-order valence-corrected chi connectivity index (χ1v) is 9.49. The summed E-state index contributed by atoms with van der Waals surface area (Å²) < 4.78 is -0.818. The van der Waals surface area contributed by atoms with Gasteiger partial charge in [0.25, 0.3) is 0 Å². The highest BCUT2D eigenvalue weighted by Gasteiger charge is 2.38. The maximum Gasteiger partial charge on any atom is 0.392 e. The minimum absolute atomic E-state index is 0.0411. The number of quaternary nitrogens is 1. The molecule has 2 aliphatic heterocycles. The SMILES string of the molecule is CNc1nc(N2CCN(C=O)CC2)nc([N+]2([O-])CCSCC2)c1[N+](=O)[O-]. The van der Waals surface area contributed by atoms with Crippen LogP contribution in [-0.4, -0.2) is 84.0 Å². The Kier molecular flexibility index (Phi) is 5.44. The van der Waals surface area contributed by atoms with Crippen LogP contribution in [0.5, 0.6) is 0 Å². The molecule has 3 heterocycles. The predicted molar refractivity (Wildman–Crippen MR) is 100 cm³/mol. The van der Waals surface area contributed by atoms with Gasteiger partial charge in [-0.05, 0) is 0 Å². The Balaban J connectivity index is 2.03. The minimum atomic E-state index is -0.818. The van der Waals surface area contributed by atoms with E-state index < -0.39 is 9.57 Å². The number of aromatic nitrogens is 2. The molecule has 3 rings (SSSR count). The molecule has 0 saturated carbocycles. The molecule has 11 nitrogen and oxygen atoms in total. The zero-order chi connectivity index (χ0) is 18.7. The van der Waals surface area contributed by atoms with E-state index in [9.17, 15) is 20.1 Å². The van der Waals surface area contributed by atoms with Gasteiger partial charge in [-0.3, -0.25) is 14.9 Å². The summed E-state index contributed by atoms with van der Waals surface area (Å²) in [5.74, 6) is 1.49. The van der Waals surface area contributed by atoms with E-state index in [-0.39, 0.29) is 36.4 Å². The van der Waals surface area contributed by atoms with Gasteiger partial charge >= 0.3 is 11.5 Å². The third-order valence-electron chi connectivity index (χ3n) is 4.60. The lowest BCUT2D eigenvalue weighted by Gasteiger charge is -2.43. The van der Waals surface area contributed by atoms with Crippen LogP contribution in [0, 0.1) is 15.3 Å². The second kappa shape index (κ2) is 7.60. The van der Waals surface area contributed by atoms with Crippen molar-refractivity contribution in [3.63, 3.8) is 0 Å². The molecule has 142 valence electrons. The average Bonchev–Trinajstić information content (AvgIpc) is 2.67. The fraction of sp³-hybridized carbons (Fsp3) is 0.643. The molecule has 1 amide bonds. The number of nitrogens with zero attached hydrogens (tertiary/aromatic N) is 6. The number of anilines is 2. The number of amides is 1.